The van der Waals surface area contributed by atoms with E-state index in [0.29, 0.717) is 17.0 Å². The van der Waals surface area contributed by atoms with Gasteiger partial charge in [0.25, 0.3) is 0 Å². The topological polar surface area (TPSA) is 87.7 Å². The van der Waals surface area contributed by atoms with Gasteiger partial charge in [0.15, 0.2) is 5.11 Å². The van der Waals surface area contributed by atoms with Crippen molar-refractivity contribution in [3.05, 3.63) is 64.1 Å². The number of carbonyl (C=O) groups excluding carboxylic acids is 1. The minimum absolute atomic E-state index is 0.00504. The van der Waals surface area contributed by atoms with Crippen LogP contribution in [-0.2, 0) is 4.79 Å². The van der Waals surface area contributed by atoms with Gasteiger partial charge in [-0.05, 0) is 48.6 Å². The van der Waals surface area contributed by atoms with Crippen LogP contribution in [0.1, 0.15) is 15.9 Å². The molecule has 2 rings (SSSR count). The van der Waals surface area contributed by atoms with Crippen LogP contribution in [0, 0.1) is 0 Å². The van der Waals surface area contributed by atoms with E-state index in [1.807, 2.05) is 12.1 Å². The number of halogens is 1. The van der Waals surface area contributed by atoms with E-state index in [1.54, 1.807) is 37.5 Å². The second-order valence-corrected chi connectivity index (χ2v) is 6.34. The highest BCUT2D eigenvalue weighted by atomic mass is 79.9. The number of amides is 1. The molecule has 1 amide bonds. The van der Waals surface area contributed by atoms with Crippen LogP contribution in [0.4, 0.5) is 5.69 Å². The van der Waals surface area contributed by atoms with Gasteiger partial charge in [-0.3, -0.25) is 10.1 Å². The number of thiocarbonyl (C=S) groups is 1. The van der Waals surface area contributed by atoms with E-state index in [0.717, 1.165) is 4.47 Å². The minimum Gasteiger partial charge on any atom is -0.496 e. The number of hydrogen-bond donors (Lipinski definition) is 3. The number of rotatable bonds is 5. The normalized spacial score (nSPS) is 10.4. The highest BCUT2D eigenvalue weighted by molar-refractivity contribution is 9.10. The Hall–Kier alpha value is -2.71. The Labute approximate surface area is 164 Å². The summed E-state index contributed by atoms with van der Waals surface area (Å²) < 4.78 is 6.08. The molecule has 134 valence electrons. The maximum absolute atomic E-state index is 12.0. The van der Waals surface area contributed by atoms with Crippen LogP contribution in [0.2, 0.25) is 0 Å². The van der Waals surface area contributed by atoms with E-state index in [4.69, 9.17) is 22.1 Å². The van der Waals surface area contributed by atoms with Crippen LogP contribution in [0.25, 0.3) is 6.08 Å². The summed E-state index contributed by atoms with van der Waals surface area (Å²) >= 11 is 8.42. The zero-order chi connectivity index (χ0) is 19.1. The number of hydrogen-bond acceptors (Lipinski definition) is 4. The molecule has 0 fully saturated rings. The standard InChI is InChI=1S/C18H15BrN2O4S/c1-25-15-8-7-12(19)10-11(15)6-9-16(22)21-18(26)20-14-5-3-2-4-13(14)17(23)24/h2-10H,1H3,(H,23,24)(H2,20,21,22,26)/b9-6+. The van der Waals surface area contributed by atoms with E-state index < -0.39 is 11.9 Å². The summed E-state index contributed by atoms with van der Waals surface area (Å²) in [7, 11) is 1.54. The molecule has 2 aromatic rings. The number of anilines is 1. The number of nitrogens with one attached hydrogen (secondary N) is 2. The van der Waals surface area contributed by atoms with Crippen molar-refractivity contribution >= 4 is 56.9 Å². The van der Waals surface area contributed by atoms with Crippen molar-refractivity contribution < 1.29 is 19.4 Å². The summed E-state index contributed by atoms with van der Waals surface area (Å²) in [6.07, 6.45) is 2.90. The summed E-state index contributed by atoms with van der Waals surface area (Å²) in [6.45, 7) is 0. The summed E-state index contributed by atoms with van der Waals surface area (Å²) in [6, 6.07) is 11.7. The lowest BCUT2D eigenvalue weighted by molar-refractivity contribution is -0.115. The minimum atomic E-state index is -1.09. The highest BCUT2D eigenvalue weighted by Crippen LogP contribution is 2.24. The van der Waals surface area contributed by atoms with Crippen molar-refractivity contribution in [2.45, 2.75) is 0 Å². The molecule has 0 spiro atoms. The lowest BCUT2D eigenvalue weighted by Crippen LogP contribution is -2.33. The Kier molecular flexibility index (Phi) is 6.88. The molecular weight excluding hydrogens is 420 g/mol. The first-order valence-electron chi connectivity index (χ1n) is 7.36. The monoisotopic (exact) mass is 434 g/mol. The summed E-state index contributed by atoms with van der Waals surface area (Å²) in [5.41, 5.74) is 1.06. The molecule has 0 saturated heterocycles. The Morgan fingerprint density at radius 1 is 1.23 bits per heavy atom. The number of aromatic carboxylic acids is 1. The smallest absolute Gasteiger partial charge is 0.337 e. The zero-order valence-corrected chi connectivity index (χ0v) is 16.1. The van der Waals surface area contributed by atoms with Crippen LogP contribution in [0.15, 0.2) is 53.0 Å². The molecule has 0 saturated carbocycles. The summed E-state index contributed by atoms with van der Waals surface area (Å²) in [4.78, 5) is 23.2. The Morgan fingerprint density at radius 2 is 1.96 bits per heavy atom. The SMILES string of the molecule is COc1ccc(Br)cc1/C=C/C(=O)NC(=S)Nc1ccccc1C(=O)O. The fraction of sp³-hybridized carbons (Fsp3) is 0.0556. The van der Waals surface area contributed by atoms with Gasteiger partial charge in [0.05, 0.1) is 18.4 Å². The fourth-order valence-corrected chi connectivity index (χ4v) is 2.68. The quantitative estimate of drug-likeness (QED) is 0.491. The molecule has 0 atom stereocenters. The molecule has 8 heteroatoms. The average molecular weight is 435 g/mol. The predicted octanol–water partition coefficient (Wildman–Crippen LogP) is 3.68. The lowest BCUT2D eigenvalue weighted by Gasteiger charge is -2.10. The number of carbonyl (C=O) groups is 2. The summed E-state index contributed by atoms with van der Waals surface area (Å²) in [5.74, 6) is -0.936. The van der Waals surface area contributed by atoms with E-state index in [9.17, 15) is 9.59 Å². The second kappa shape index (κ2) is 9.12. The van der Waals surface area contributed by atoms with Gasteiger partial charge in [-0.15, -0.1) is 0 Å². The van der Waals surface area contributed by atoms with Crippen LogP contribution < -0.4 is 15.4 Å². The third-order valence-electron chi connectivity index (χ3n) is 3.25. The van der Waals surface area contributed by atoms with Gasteiger partial charge in [0, 0.05) is 16.1 Å². The number of para-hydroxylation sites is 1. The maximum atomic E-state index is 12.0. The van der Waals surface area contributed by atoms with E-state index in [1.165, 1.54) is 12.1 Å². The van der Waals surface area contributed by atoms with Crippen LogP contribution in [0.3, 0.4) is 0 Å². The first-order chi connectivity index (χ1) is 12.4. The predicted molar refractivity (Wildman–Crippen MR) is 107 cm³/mol. The molecule has 0 heterocycles. The zero-order valence-electron chi connectivity index (χ0n) is 13.7. The largest absolute Gasteiger partial charge is 0.496 e. The Balaban J connectivity index is 2.03. The first-order valence-corrected chi connectivity index (χ1v) is 8.56. The van der Waals surface area contributed by atoms with Crippen molar-refractivity contribution in [3.63, 3.8) is 0 Å². The number of benzene rings is 2. The second-order valence-electron chi connectivity index (χ2n) is 5.01. The Morgan fingerprint density at radius 3 is 2.65 bits per heavy atom. The number of carboxylic acid groups (broad SMARTS) is 1. The van der Waals surface area contributed by atoms with Crippen LogP contribution in [0.5, 0.6) is 5.75 Å². The van der Waals surface area contributed by atoms with Crippen molar-refractivity contribution in [2.75, 3.05) is 12.4 Å². The molecule has 0 aliphatic carbocycles. The molecule has 0 unspecified atom stereocenters. The molecule has 0 aliphatic heterocycles. The van der Waals surface area contributed by atoms with Crippen LogP contribution >= 0.6 is 28.1 Å². The van der Waals surface area contributed by atoms with Crippen molar-refractivity contribution in [3.8, 4) is 5.75 Å². The maximum Gasteiger partial charge on any atom is 0.337 e. The lowest BCUT2D eigenvalue weighted by atomic mass is 10.2. The van der Waals surface area contributed by atoms with Gasteiger partial charge in [-0.1, -0.05) is 28.1 Å². The summed E-state index contributed by atoms with van der Waals surface area (Å²) in [5, 5.41) is 14.3. The average Bonchev–Trinajstić information content (AvgIpc) is 2.60. The van der Waals surface area contributed by atoms with Gasteiger partial charge in [-0.25, -0.2) is 4.79 Å². The molecule has 0 aromatic heterocycles. The van der Waals surface area contributed by atoms with Crippen LogP contribution in [-0.4, -0.2) is 29.2 Å². The molecule has 0 aliphatic rings. The molecule has 3 N–H and O–H groups in total. The highest BCUT2D eigenvalue weighted by Gasteiger charge is 2.10. The molecule has 26 heavy (non-hydrogen) atoms. The van der Waals surface area contributed by atoms with Gasteiger partial charge >= 0.3 is 5.97 Å². The van der Waals surface area contributed by atoms with Crippen molar-refractivity contribution in [1.82, 2.24) is 5.32 Å². The van der Waals surface area contributed by atoms with Gasteiger partial charge in [-0.2, -0.15) is 0 Å². The van der Waals surface area contributed by atoms with Gasteiger partial charge in [0.2, 0.25) is 5.91 Å². The van der Waals surface area contributed by atoms with E-state index in [-0.39, 0.29) is 10.7 Å². The van der Waals surface area contributed by atoms with Crippen molar-refractivity contribution in [2.24, 2.45) is 0 Å². The Bertz CT molecular complexity index is 883. The number of carboxylic acids is 1. The third kappa shape index (κ3) is 5.40. The number of ether oxygens (including phenoxy) is 1. The van der Waals surface area contributed by atoms with E-state index >= 15 is 0 Å². The molecule has 6 nitrogen and oxygen atoms in total. The molecule has 2 aromatic carbocycles. The molecule has 0 bridgehead atoms. The van der Waals surface area contributed by atoms with Crippen molar-refractivity contribution in [1.29, 1.82) is 0 Å². The first kappa shape index (κ1) is 19.6. The number of methoxy groups -OCH3 is 1. The third-order valence-corrected chi connectivity index (χ3v) is 3.95. The molecular formula is C18H15BrN2O4S. The van der Waals surface area contributed by atoms with E-state index in [2.05, 4.69) is 26.6 Å². The van der Waals surface area contributed by atoms with Gasteiger partial charge < -0.3 is 15.2 Å². The molecule has 0 radical (unpaired) electrons. The van der Waals surface area contributed by atoms with Gasteiger partial charge in [0.1, 0.15) is 5.75 Å². The fourth-order valence-electron chi connectivity index (χ4n) is 2.09.